The number of rotatable bonds is 4. The standard InChI is InChI=1S/C15H16ClNO3S/c1-10-7-11(2)15(14(8-10)21(16,18)19)20-9-13-6-4-5-12(3)17-13/h4-8H,9H2,1-3H3. The van der Waals surface area contributed by atoms with E-state index in [1.54, 1.807) is 6.92 Å². The maximum atomic E-state index is 11.7. The highest BCUT2D eigenvalue weighted by atomic mass is 35.7. The van der Waals surface area contributed by atoms with E-state index >= 15 is 0 Å². The summed E-state index contributed by atoms with van der Waals surface area (Å²) < 4.78 is 29.1. The second-order valence-corrected chi connectivity index (χ2v) is 7.44. The van der Waals surface area contributed by atoms with E-state index in [0.717, 1.165) is 22.5 Å². The van der Waals surface area contributed by atoms with Crippen molar-refractivity contribution in [1.82, 2.24) is 4.98 Å². The topological polar surface area (TPSA) is 56.3 Å². The van der Waals surface area contributed by atoms with Gasteiger partial charge in [-0.25, -0.2) is 8.42 Å². The largest absolute Gasteiger partial charge is 0.486 e. The summed E-state index contributed by atoms with van der Waals surface area (Å²) in [5.41, 5.74) is 3.14. The van der Waals surface area contributed by atoms with E-state index in [1.807, 2.05) is 38.1 Å². The van der Waals surface area contributed by atoms with Crippen LogP contribution in [0.4, 0.5) is 0 Å². The lowest BCUT2D eigenvalue weighted by Gasteiger charge is -2.13. The zero-order chi connectivity index (χ0) is 15.6. The van der Waals surface area contributed by atoms with Crippen LogP contribution < -0.4 is 4.74 Å². The predicted octanol–water partition coefficient (Wildman–Crippen LogP) is 3.51. The van der Waals surface area contributed by atoms with Crippen molar-refractivity contribution in [2.75, 3.05) is 0 Å². The molecule has 6 heteroatoms. The molecule has 1 aromatic carbocycles. The fourth-order valence-corrected chi connectivity index (χ4v) is 3.22. The number of pyridine rings is 1. The molecule has 0 fully saturated rings. The Balaban J connectivity index is 2.36. The minimum absolute atomic E-state index is 0.00526. The highest BCUT2D eigenvalue weighted by Crippen LogP contribution is 2.32. The Morgan fingerprint density at radius 3 is 2.52 bits per heavy atom. The maximum Gasteiger partial charge on any atom is 0.265 e. The lowest BCUT2D eigenvalue weighted by atomic mass is 10.1. The van der Waals surface area contributed by atoms with Gasteiger partial charge in [-0.1, -0.05) is 12.1 Å². The Hall–Kier alpha value is -1.59. The zero-order valence-corrected chi connectivity index (χ0v) is 13.6. The number of nitrogens with zero attached hydrogens (tertiary/aromatic N) is 1. The molecule has 0 aliphatic carbocycles. The first-order valence-electron chi connectivity index (χ1n) is 6.38. The van der Waals surface area contributed by atoms with Gasteiger partial charge in [-0.3, -0.25) is 4.98 Å². The van der Waals surface area contributed by atoms with Crippen molar-refractivity contribution < 1.29 is 13.2 Å². The van der Waals surface area contributed by atoms with Crippen molar-refractivity contribution >= 4 is 19.7 Å². The highest BCUT2D eigenvalue weighted by molar-refractivity contribution is 8.13. The Kier molecular flexibility index (Phi) is 4.54. The van der Waals surface area contributed by atoms with Crippen LogP contribution >= 0.6 is 10.7 Å². The molecular weight excluding hydrogens is 310 g/mol. The van der Waals surface area contributed by atoms with E-state index in [1.165, 1.54) is 6.07 Å². The monoisotopic (exact) mass is 325 g/mol. The van der Waals surface area contributed by atoms with Gasteiger partial charge in [-0.05, 0) is 50.1 Å². The molecule has 21 heavy (non-hydrogen) atoms. The average molecular weight is 326 g/mol. The summed E-state index contributed by atoms with van der Waals surface area (Å²) in [4.78, 5) is 4.31. The third kappa shape index (κ3) is 3.95. The smallest absolute Gasteiger partial charge is 0.265 e. The lowest BCUT2D eigenvalue weighted by Crippen LogP contribution is -2.04. The van der Waals surface area contributed by atoms with Gasteiger partial charge in [0.2, 0.25) is 0 Å². The van der Waals surface area contributed by atoms with Crippen LogP contribution in [-0.4, -0.2) is 13.4 Å². The molecule has 1 aromatic heterocycles. The quantitative estimate of drug-likeness (QED) is 0.807. The number of ether oxygens (including phenoxy) is 1. The molecular formula is C15H16ClNO3S. The molecule has 0 N–H and O–H groups in total. The minimum atomic E-state index is -3.86. The normalized spacial score (nSPS) is 11.4. The Bertz CT molecular complexity index is 772. The molecule has 2 rings (SSSR count). The number of halogens is 1. The van der Waals surface area contributed by atoms with Gasteiger partial charge in [0.15, 0.2) is 0 Å². The molecule has 0 bridgehead atoms. The van der Waals surface area contributed by atoms with Gasteiger partial charge in [0.1, 0.15) is 17.3 Å². The number of hydrogen-bond donors (Lipinski definition) is 0. The SMILES string of the molecule is Cc1cc(C)c(OCc2cccc(C)n2)c(S(=O)(=O)Cl)c1. The van der Waals surface area contributed by atoms with Crippen LogP contribution in [0.2, 0.25) is 0 Å². The summed E-state index contributed by atoms with van der Waals surface area (Å²) in [7, 11) is 1.63. The van der Waals surface area contributed by atoms with Crippen molar-refractivity contribution in [3.05, 3.63) is 52.8 Å². The summed E-state index contributed by atoms with van der Waals surface area (Å²) in [6.07, 6.45) is 0. The molecule has 0 aliphatic heterocycles. The first-order chi connectivity index (χ1) is 9.77. The number of hydrogen-bond acceptors (Lipinski definition) is 4. The lowest BCUT2D eigenvalue weighted by molar-refractivity contribution is 0.291. The van der Waals surface area contributed by atoms with Crippen molar-refractivity contribution in [3.63, 3.8) is 0 Å². The molecule has 4 nitrogen and oxygen atoms in total. The molecule has 0 unspecified atom stereocenters. The molecule has 0 atom stereocenters. The first kappa shape index (κ1) is 15.8. The molecule has 0 aliphatic rings. The molecule has 0 spiro atoms. The second kappa shape index (κ2) is 6.03. The van der Waals surface area contributed by atoms with Crippen LogP contribution in [0.3, 0.4) is 0 Å². The zero-order valence-electron chi connectivity index (χ0n) is 12.1. The molecule has 0 radical (unpaired) electrons. The van der Waals surface area contributed by atoms with E-state index < -0.39 is 9.05 Å². The molecule has 1 heterocycles. The number of aryl methyl sites for hydroxylation is 3. The molecule has 112 valence electrons. The first-order valence-corrected chi connectivity index (χ1v) is 8.69. The van der Waals surface area contributed by atoms with Crippen LogP contribution in [0.15, 0.2) is 35.2 Å². The van der Waals surface area contributed by atoms with Crippen LogP contribution in [0, 0.1) is 20.8 Å². The van der Waals surface area contributed by atoms with Crippen molar-refractivity contribution in [1.29, 1.82) is 0 Å². The van der Waals surface area contributed by atoms with Crippen LogP contribution in [0.1, 0.15) is 22.5 Å². The Labute approximate surface area is 129 Å². The van der Waals surface area contributed by atoms with Gasteiger partial charge in [0, 0.05) is 16.4 Å². The predicted molar refractivity (Wildman–Crippen MR) is 82.3 cm³/mol. The van der Waals surface area contributed by atoms with E-state index in [2.05, 4.69) is 4.98 Å². The summed E-state index contributed by atoms with van der Waals surface area (Å²) in [5, 5.41) is 0. The maximum absolute atomic E-state index is 11.7. The summed E-state index contributed by atoms with van der Waals surface area (Å²) in [6, 6.07) is 8.95. The number of benzene rings is 1. The van der Waals surface area contributed by atoms with E-state index in [0.29, 0.717) is 0 Å². The van der Waals surface area contributed by atoms with E-state index in [-0.39, 0.29) is 17.3 Å². The van der Waals surface area contributed by atoms with Gasteiger partial charge in [-0.15, -0.1) is 0 Å². The second-order valence-electron chi connectivity index (χ2n) is 4.91. The van der Waals surface area contributed by atoms with Gasteiger partial charge in [0.05, 0.1) is 5.69 Å². The number of aromatic nitrogens is 1. The van der Waals surface area contributed by atoms with E-state index in [9.17, 15) is 8.42 Å². The van der Waals surface area contributed by atoms with Crippen LogP contribution in [0.5, 0.6) is 5.75 Å². The highest BCUT2D eigenvalue weighted by Gasteiger charge is 2.19. The van der Waals surface area contributed by atoms with Gasteiger partial charge < -0.3 is 4.74 Å². The molecule has 0 saturated heterocycles. The van der Waals surface area contributed by atoms with Crippen LogP contribution in [0.25, 0.3) is 0 Å². The van der Waals surface area contributed by atoms with Gasteiger partial charge >= 0.3 is 0 Å². The summed E-state index contributed by atoms with van der Waals surface area (Å²) in [5.74, 6) is 0.277. The van der Waals surface area contributed by atoms with Crippen molar-refractivity contribution in [3.8, 4) is 5.75 Å². The third-order valence-electron chi connectivity index (χ3n) is 2.96. The molecule has 0 amide bonds. The van der Waals surface area contributed by atoms with Gasteiger partial charge in [0.25, 0.3) is 9.05 Å². The molecule has 0 saturated carbocycles. The summed E-state index contributed by atoms with van der Waals surface area (Å²) in [6.45, 7) is 5.67. The van der Waals surface area contributed by atoms with Gasteiger partial charge in [-0.2, -0.15) is 0 Å². The average Bonchev–Trinajstić information content (AvgIpc) is 2.36. The van der Waals surface area contributed by atoms with Crippen molar-refractivity contribution in [2.24, 2.45) is 0 Å². The third-order valence-corrected chi connectivity index (χ3v) is 4.29. The Morgan fingerprint density at radius 1 is 1.19 bits per heavy atom. The van der Waals surface area contributed by atoms with Crippen molar-refractivity contribution in [2.45, 2.75) is 32.3 Å². The van der Waals surface area contributed by atoms with Crippen LogP contribution in [-0.2, 0) is 15.7 Å². The fraction of sp³-hybridized carbons (Fsp3) is 0.267. The fourth-order valence-electron chi connectivity index (χ4n) is 2.11. The molecule has 2 aromatic rings. The minimum Gasteiger partial charge on any atom is -0.486 e. The van der Waals surface area contributed by atoms with E-state index in [4.69, 9.17) is 15.4 Å². The summed E-state index contributed by atoms with van der Waals surface area (Å²) >= 11 is 0. The Morgan fingerprint density at radius 2 is 1.90 bits per heavy atom.